The normalized spacial score (nSPS) is 20.7. The maximum absolute atomic E-state index is 10.5. The highest BCUT2D eigenvalue weighted by atomic mass is 16.4. The SMILES string of the molecule is O=C(O)C=C1CNC(=O)CN1. The van der Waals surface area contributed by atoms with Crippen LogP contribution in [0.15, 0.2) is 11.8 Å². The lowest BCUT2D eigenvalue weighted by atomic mass is 10.3. The molecule has 1 heterocycles. The summed E-state index contributed by atoms with van der Waals surface area (Å²) < 4.78 is 0. The highest BCUT2D eigenvalue weighted by Crippen LogP contribution is 1.90. The van der Waals surface area contributed by atoms with E-state index >= 15 is 0 Å². The Labute approximate surface area is 63.1 Å². The summed E-state index contributed by atoms with van der Waals surface area (Å²) in [5.74, 6) is -1.13. The molecule has 1 aliphatic rings. The van der Waals surface area contributed by atoms with Crippen LogP contribution in [0.5, 0.6) is 0 Å². The fourth-order valence-electron chi connectivity index (χ4n) is 0.764. The molecule has 60 valence electrons. The first kappa shape index (κ1) is 7.59. The summed E-state index contributed by atoms with van der Waals surface area (Å²) in [6, 6.07) is 0. The highest BCUT2D eigenvalue weighted by molar-refractivity contribution is 5.83. The van der Waals surface area contributed by atoms with Crippen molar-refractivity contribution in [2.24, 2.45) is 0 Å². The molecule has 1 amide bonds. The molecule has 0 unspecified atom stereocenters. The summed E-state index contributed by atoms with van der Waals surface area (Å²) in [6.45, 7) is 0.421. The molecule has 1 rings (SSSR count). The van der Waals surface area contributed by atoms with Crippen LogP contribution >= 0.6 is 0 Å². The molecule has 1 fully saturated rings. The molecule has 11 heavy (non-hydrogen) atoms. The summed E-state index contributed by atoms with van der Waals surface area (Å²) in [7, 11) is 0. The van der Waals surface area contributed by atoms with Gasteiger partial charge in [-0.3, -0.25) is 4.79 Å². The molecular formula is C6H8N2O3. The van der Waals surface area contributed by atoms with Crippen molar-refractivity contribution in [3.05, 3.63) is 11.8 Å². The minimum absolute atomic E-state index is 0.118. The Kier molecular flexibility index (Phi) is 2.10. The summed E-state index contributed by atoms with van der Waals surface area (Å²) in [5, 5.41) is 13.5. The Morgan fingerprint density at radius 1 is 1.45 bits per heavy atom. The summed E-state index contributed by atoms with van der Waals surface area (Å²) in [5.41, 5.74) is 0.525. The standard InChI is InChI=1S/C6H8N2O3/c9-5-3-7-4(2-8-5)1-6(10)11/h1,7H,2-3H2,(H,8,9)(H,10,11). The van der Waals surface area contributed by atoms with Crippen LogP contribution in [-0.4, -0.2) is 30.1 Å². The topological polar surface area (TPSA) is 78.4 Å². The minimum atomic E-state index is -1.01. The Morgan fingerprint density at radius 3 is 2.64 bits per heavy atom. The zero-order valence-corrected chi connectivity index (χ0v) is 5.76. The molecule has 1 aliphatic heterocycles. The molecule has 0 aliphatic carbocycles. The fraction of sp³-hybridized carbons (Fsp3) is 0.333. The molecule has 0 aromatic carbocycles. The van der Waals surface area contributed by atoms with Crippen LogP contribution in [0.1, 0.15) is 0 Å². The lowest BCUT2D eigenvalue weighted by Crippen LogP contribution is -2.43. The number of piperazine rings is 1. The highest BCUT2D eigenvalue weighted by Gasteiger charge is 2.10. The Balaban J connectivity index is 2.51. The molecule has 0 spiro atoms. The Bertz CT molecular complexity index is 210. The number of rotatable bonds is 1. The quantitative estimate of drug-likeness (QED) is 0.411. The largest absolute Gasteiger partial charge is 0.478 e. The van der Waals surface area contributed by atoms with Crippen LogP contribution in [-0.2, 0) is 9.59 Å². The van der Waals surface area contributed by atoms with Gasteiger partial charge in [-0.25, -0.2) is 4.79 Å². The van der Waals surface area contributed by atoms with Gasteiger partial charge in [0.05, 0.1) is 13.1 Å². The molecule has 5 heteroatoms. The Hall–Kier alpha value is -1.52. The maximum atomic E-state index is 10.5. The first-order valence-corrected chi connectivity index (χ1v) is 3.12. The number of hydrogen-bond acceptors (Lipinski definition) is 3. The molecule has 5 nitrogen and oxygen atoms in total. The van der Waals surface area contributed by atoms with Crippen LogP contribution in [0.2, 0.25) is 0 Å². The molecular weight excluding hydrogens is 148 g/mol. The van der Waals surface area contributed by atoms with E-state index in [1.807, 2.05) is 0 Å². The van der Waals surface area contributed by atoms with Gasteiger partial charge in [-0.2, -0.15) is 0 Å². The van der Waals surface area contributed by atoms with Gasteiger partial charge >= 0.3 is 5.97 Å². The number of carbonyl (C=O) groups is 2. The van der Waals surface area contributed by atoms with Crippen molar-refractivity contribution in [2.75, 3.05) is 13.1 Å². The van der Waals surface area contributed by atoms with Crippen LogP contribution in [0.3, 0.4) is 0 Å². The van der Waals surface area contributed by atoms with Crippen LogP contribution < -0.4 is 10.6 Å². The van der Waals surface area contributed by atoms with E-state index in [0.29, 0.717) is 5.70 Å². The average molecular weight is 156 g/mol. The van der Waals surface area contributed by atoms with Crippen molar-refractivity contribution in [1.82, 2.24) is 10.6 Å². The van der Waals surface area contributed by atoms with Gasteiger partial charge in [-0.1, -0.05) is 0 Å². The number of aliphatic carboxylic acids is 1. The van der Waals surface area contributed by atoms with Gasteiger partial charge in [0, 0.05) is 11.8 Å². The third-order valence-corrected chi connectivity index (χ3v) is 1.25. The summed E-state index contributed by atoms with van der Waals surface area (Å²) >= 11 is 0. The molecule has 3 N–H and O–H groups in total. The van der Waals surface area contributed by atoms with E-state index in [4.69, 9.17) is 5.11 Å². The Morgan fingerprint density at radius 2 is 2.18 bits per heavy atom. The lowest BCUT2D eigenvalue weighted by Gasteiger charge is -2.16. The van der Waals surface area contributed by atoms with Gasteiger partial charge in [0.15, 0.2) is 0 Å². The summed E-state index contributed by atoms with van der Waals surface area (Å²) in [4.78, 5) is 20.7. The van der Waals surface area contributed by atoms with E-state index in [0.717, 1.165) is 6.08 Å². The predicted molar refractivity (Wildman–Crippen MR) is 36.7 cm³/mol. The van der Waals surface area contributed by atoms with Crippen LogP contribution in [0.4, 0.5) is 0 Å². The van der Waals surface area contributed by atoms with Crippen molar-refractivity contribution >= 4 is 11.9 Å². The van der Waals surface area contributed by atoms with Gasteiger partial charge in [0.1, 0.15) is 0 Å². The zero-order valence-electron chi connectivity index (χ0n) is 5.76. The number of carbonyl (C=O) groups excluding carboxylic acids is 1. The molecule has 0 radical (unpaired) electrons. The fourth-order valence-corrected chi connectivity index (χ4v) is 0.764. The molecule has 0 saturated carbocycles. The van der Waals surface area contributed by atoms with Gasteiger partial charge in [-0.05, 0) is 0 Å². The smallest absolute Gasteiger partial charge is 0.330 e. The number of nitrogens with one attached hydrogen (secondary N) is 2. The van der Waals surface area contributed by atoms with Crippen LogP contribution in [0.25, 0.3) is 0 Å². The molecule has 1 saturated heterocycles. The summed E-state index contributed by atoms with van der Waals surface area (Å²) in [6.07, 6.45) is 1.04. The molecule has 0 atom stereocenters. The second kappa shape index (κ2) is 3.05. The minimum Gasteiger partial charge on any atom is -0.478 e. The van der Waals surface area contributed by atoms with E-state index in [2.05, 4.69) is 10.6 Å². The van der Waals surface area contributed by atoms with E-state index in [9.17, 15) is 9.59 Å². The first-order valence-electron chi connectivity index (χ1n) is 3.12. The average Bonchev–Trinajstić information content (AvgIpc) is 1.93. The van der Waals surface area contributed by atoms with Gasteiger partial charge < -0.3 is 15.7 Å². The van der Waals surface area contributed by atoms with Crippen molar-refractivity contribution < 1.29 is 14.7 Å². The first-order chi connectivity index (χ1) is 5.18. The van der Waals surface area contributed by atoms with E-state index in [-0.39, 0.29) is 19.0 Å². The maximum Gasteiger partial charge on any atom is 0.330 e. The van der Waals surface area contributed by atoms with E-state index < -0.39 is 5.97 Å². The van der Waals surface area contributed by atoms with Crippen molar-refractivity contribution in [3.8, 4) is 0 Å². The number of hydrogen-bond donors (Lipinski definition) is 3. The molecule has 0 bridgehead atoms. The van der Waals surface area contributed by atoms with Crippen molar-refractivity contribution in [3.63, 3.8) is 0 Å². The van der Waals surface area contributed by atoms with Gasteiger partial charge in [-0.15, -0.1) is 0 Å². The third-order valence-electron chi connectivity index (χ3n) is 1.25. The third kappa shape index (κ3) is 2.29. The monoisotopic (exact) mass is 156 g/mol. The number of amides is 1. The number of carboxylic acids is 1. The van der Waals surface area contributed by atoms with Gasteiger partial charge in [0.2, 0.25) is 5.91 Å². The lowest BCUT2D eigenvalue weighted by molar-refractivity contribution is -0.131. The molecule has 0 aromatic rings. The number of carboxylic acid groups (broad SMARTS) is 1. The van der Waals surface area contributed by atoms with Crippen molar-refractivity contribution in [2.45, 2.75) is 0 Å². The molecule has 0 aromatic heterocycles. The zero-order chi connectivity index (χ0) is 8.27. The predicted octanol–water partition coefficient (Wildman–Crippen LogP) is -1.33. The second-order valence-corrected chi connectivity index (χ2v) is 2.14. The van der Waals surface area contributed by atoms with Gasteiger partial charge in [0.25, 0.3) is 0 Å². The van der Waals surface area contributed by atoms with E-state index in [1.54, 1.807) is 0 Å². The van der Waals surface area contributed by atoms with Crippen molar-refractivity contribution in [1.29, 1.82) is 0 Å². The van der Waals surface area contributed by atoms with E-state index in [1.165, 1.54) is 0 Å². The second-order valence-electron chi connectivity index (χ2n) is 2.14. The van der Waals surface area contributed by atoms with Crippen LogP contribution in [0, 0.1) is 0 Å².